The molecule has 3 heterocycles. The van der Waals surface area contributed by atoms with Crippen LogP contribution in [0.15, 0.2) is 12.3 Å². The fourth-order valence-electron chi connectivity index (χ4n) is 4.89. The second-order valence-corrected chi connectivity index (χ2v) is 12.8. The van der Waals surface area contributed by atoms with Crippen molar-refractivity contribution in [2.24, 2.45) is 5.92 Å². The van der Waals surface area contributed by atoms with Crippen molar-refractivity contribution in [3.8, 4) is 10.6 Å². The Bertz CT molecular complexity index is 1340. The topological polar surface area (TPSA) is 131 Å². The van der Waals surface area contributed by atoms with Crippen LogP contribution in [0.25, 0.3) is 20.8 Å². The number of sulfonamides is 1. The molecule has 1 saturated carbocycles. The summed E-state index contributed by atoms with van der Waals surface area (Å²) >= 11 is 1.60. The van der Waals surface area contributed by atoms with Crippen molar-refractivity contribution in [2.75, 3.05) is 37.2 Å². The molecule has 0 saturated heterocycles. The van der Waals surface area contributed by atoms with Gasteiger partial charge in [-0.25, -0.2) is 23.1 Å². The molecule has 1 aliphatic rings. The molecule has 1 aliphatic carbocycles. The molecule has 12 heteroatoms. The van der Waals surface area contributed by atoms with Crippen LogP contribution in [-0.4, -0.2) is 66.5 Å². The zero-order valence-electron chi connectivity index (χ0n) is 21.7. The normalized spacial score (nSPS) is 18.6. The van der Waals surface area contributed by atoms with Crippen molar-refractivity contribution in [3.63, 3.8) is 0 Å². The van der Waals surface area contributed by atoms with E-state index in [1.807, 2.05) is 33.8 Å². The summed E-state index contributed by atoms with van der Waals surface area (Å²) in [5.41, 5.74) is 2.95. The number of fused-ring (bicyclic) bond motifs is 1. The van der Waals surface area contributed by atoms with Crippen molar-refractivity contribution in [1.29, 1.82) is 0 Å². The van der Waals surface area contributed by atoms with Crippen LogP contribution in [0.4, 0.5) is 11.8 Å². The number of methoxy groups -OCH3 is 1. The van der Waals surface area contributed by atoms with Crippen LogP contribution in [0.1, 0.15) is 44.5 Å². The van der Waals surface area contributed by atoms with Gasteiger partial charge < -0.3 is 15.4 Å². The quantitative estimate of drug-likeness (QED) is 0.334. The average Bonchev–Trinajstić information content (AvgIpc) is 3.40. The van der Waals surface area contributed by atoms with Crippen LogP contribution >= 0.6 is 11.3 Å². The maximum atomic E-state index is 11.9. The van der Waals surface area contributed by atoms with E-state index in [9.17, 15) is 8.42 Å². The minimum Gasteiger partial charge on any atom is -0.383 e. The summed E-state index contributed by atoms with van der Waals surface area (Å²) in [6.45, 7) is 8.98. The molecule has 36 heavy (non-hydrogen) atoms. The number of hydrogen-bond donors (Lipinski definition) is 3. The third-order valence-electron chi connectivity index (χ3n) is 6.63. The zero-order chi connectivity index (χ0) is 26.1. The van der Waals surface area contributed by atoms with Gasteiger partial charge in [0.15, 0.2) is 0 Å². The van der Waals surface area contributed by atoms with Crippen LogP contribution in [0.3, 0.4) is 0 Å². The Hall–Kier alpha value is -2.41. The number of rotatable bonds is 10. The SMILES string of the molecule is COCCNc1nc(C)c(-c2nc3c(C)nccc3s2)c(NC2CCC(C(C)(C)NS(C)(=O)=O)C2)n1. The molecule has 196 valence electrons. The summed E-state index contributed by atoms with van der Waals surface area (Å²) in [6.07, 6.45) is 5.67. The number of nitrogens with one attached hydrogen (secondary N) is 3. The van der Waals surface area contributed by atoms with Gasteiger partial charge in [-0.05, 0) is 58.9 Å². The zero-order valence-corrected chi connectivity index (χ0v) is 23.3. The van der Waals surface area contributed by atoms with Gasteiger partial charge in [0.05, 0.1) is 34.5 Å². The Balaban J connectivity index is 1.65. The summed E-state index contributed by atoms with van der Waals surface area (Å²) in [5, 5.41) is 7.73. The third kappa shape index (κ3) is 6.10. The van der Waals surface area contributed by atoms with Gasteiger partial charge in [0.2, 0.25) is 16.0 Å². The van der Waals surface area contributed by atoms with Gasteiger partial charge in [-0.15, -0.1) is 11.3 Å². The number of thiazole rings is 1. The van der Waals surface area contributed by atoms with E-state index in [4.69, 9.17) is 19.7 Å². The molecule has 4 rings (SSSR count). The van der Waals surface area contributed by atoms with Gasteiger partial charge in [0, 0.05) is 31.4 Å². The van der Waals surface area contributed by atoms with Crippen LogP contribution in [0.5, 0.6) is 0 Å². The highest BCUT2D eigenvalue weighted by atomic mass is 32.2. The molecule has 10 nitrogen and oxygen atoms in total. The van der Waals surface area contributed by atoms with Crippen LogP contribution < -0.4 is 15.4 Å². The monoisotopic (exact) mass is 533 g/mol. The van der Waals surface area contributed by atoms with Crippen LogP contribution in [-0.2, 0) is 14.8 Å². The highest BCUT2D eigenvalue weighted by molar-refractivity contribution is 7.88. The van der Waals surface area contributed by atoms with E-state index in [0.29, 0.717) is 19.1 Å². The lowest BCUT2D eigenvalue weighted by atomic mass is 9.87. The van der Waals surface area contributed by atoms with Crippen molar-refractivity contribution in [2.45, 2.75) is 58.5 Å². The largest absolute Gasteiger partial charge is 0.383 e. The molecule has 0 aliphatic heterocycles. The number of hydrogen-bond acceptors (Lipinski definition) is 10. The first-order valence-corrected chi connectivity index (χ1v) is 14.8. The van der Waals surface area contributed by atoms with Crippen molar-refractivity contribution < 1.29 is 13.2 Å². The molecular formula is C24H35N7O3S2. The van der Waals surface area contributed by atoms with Gasteiger partial charge in [-0.3, -0.25) is 4.98 Å². The van der Waals surface area contributed by atoms with E-state index in [-0.39, 0.29) is 12.0 Å². The summed E-state index contributed by atoms with van der Waals surface area (Å²) in [4.78, 5) is 18.8. The maximum absolute atomic E-state index is 11.9. The van der Waals surface area contributed by atoms with E-state index in [2.05, 4.69) is 20.3 Å². The predicted octanol–water partition coefficient (Wildman–Crippen LogP) is 3.73. The Kier molecular flexibility index (Phi) is 7.79. The van der Waals surface area contributed by atoms with Gasteiger partial charge in [-0.2, -0.15) is 4.98 Å². The number of nitrogens with zero attached hydrogens (tertiary/aromatic N) is 4. The third-order valence-corrected chi connectivity index (χ3v) is 8.56. The first kappa shape index (κ1) is 26.6. The minimum atomic E-state index is -3.30. The summed E-state index contributed by atoms with van der Waals surface area (Å²) < 4.78 is 32.8. The lowest BCUT2D eigenvalue weighted by Crippen LogP contribution is -2.48. The molecule has 0 bridgehead atoms. The number of ether oxygens (including phenoxy) is 1. The molecule has 2 unspecified atom stereocenters. The number of anilines is 2. The second kappa shape index (κ2) is 10.5. The maximum Gasteiger partial charge on any atom is 0.224 e. The molecule has 3 aromatic heterocycles. The fraction of sp³-hybridized carbons (Fsp3) is 0.583. The van der Waals surface area contributed by atoms with Crippen molar-refractivity contribution in [1.82, 2.24) is 24.7 Å². The molecular weight excluding hydrogens is 498 g/mol. The van der Waals surface area contributed by atoms with Gasteiger partial charge in [0.1, 0.15) is 16.3 Å². The minimum absolute atomic E-state index is 0.147. The summed E-state index contributed by atoms with van der Waals surface area (Å²) in [6, 6.07) is 2.12. The lowest BCUT2D eigenvalue weighted by molar-refractivity contribution is 0.210. The molecule has 3 aromatic rings. The summed E-state index contributed by atoms with van der Waals surface area (Å²) in [7, 11) is -1.64. The van der Waals surface area contributed by atoms with Gasteiger partial charge in [0.25, 0.3) is 0 Å². The first-order chi connectivity index (χ1) is 17.0. The molecule has 0 amide bonds. The van der Waals surface area contributed by atoms with E-state index in [1.54, 1.807) is 24.6 Å². The smallest absolute Gasteiger partial charge is 0.224 e. The number of pyridine rings is 1. The molecule has 0 aromatic carbocycles. The molecule has 0 radical (unpaired) electrons. The van der Waals surface area contributed by atoms with Crippen LogP contribution in [0, 0.1) is 19.8 Å². The standard InChI is InChI=1S/C24H35N7O3S2/c1-14-19(22-29-20-15(2)25-10-9-18(20)35-22)21(30-23(27-14)26-11-12-34-5)28-17-8-7-16(13-17)24(3,4)31-36(6,32)33/h9-10,16-17,31H,7-8,11-13H2,1-6H3,(H2,26,27,28,30). The van der Waals surface area contributed by atoms with E-state index in [1.165, 1.54) is 6.26 Å². The Morgan fingerprint density at radius 3 is 2.64 bits per heavy atom. The van der Waals surface area contributed by atoms with Gasteiger partial charge in [-0.1, -0.05) is 0 Å². The molecule has 1 fully saturated rings. The van der Waals surface area contributed by atoms with E-state index < -0.39 is 15.6 Å². The highest BCUT2D eigenvalue weighted by Crippen LogP contribution is 2.40. The number of aromatic nitrogens is 4. The van der Waals surface area contributed by atoms with Gasteiger partial charge >= 0.3 is 0 Å². The lowest BCUT2D eigenvalue weighted by Gasteiger charge is -2.32. The predicted molar refractivity (Wildman–Crippen MR) is 145 cm³/mol. The average molecular weight is 534 g/mol. The van der Waals surface area contributed by atoms with Crippen LogP contribution in [0.2, 0.25) is 0 Å². The van der Waals surface area contributed by atoms with Crippen molar-refractivity contribution >= 4 is 43.3 Å². The Labute approximate surface area is 216 Å². The number of aryl methyl sites for hydroxylation is 2. The molecule has 2 atom stereocenters. The summed E-state index contributed by atoms with van der Waals surface area (Å²) in [5.74, 6) is 1.46. The molecule has 3 N–H and O–H groups in total. The Morgan fingerprint density at radius 1 is 1.17 bits per heavy atom. The van der Waals surface area contributed by atoms with E-state index in [0.717, 1.165) is 57.3 Å². The fourth-order valence-corrected chi connectivity index (χ4v) is 7.12. The highest BCUT2D eigenvalue weighted by Gasteiger charge is 2.38. The van der Waals surface area contributed by atoms with Crippen molar-refractivity contribution in [3.05, 3.63) is 23.7 Å². The first-order valence-electron chi connectivity index (χ1n) is 12.1. The second-order valence-electron chi connectivity index (χ2n) is 9.99. The molecule has 0 spiro atoms. The van der Waals surface area contributed by atoms with E-state index >= 15 is 0 Å². The Morgan fingerprint density at radius 2 is 1.94 bits per heavy atom.